The Morgan fingerprint density at radius 3 is 2.76 bits per heavy atom. The van der Waals surface area contributed by atoms with Gasteiger partial charge < -0.3 is 9.84 Å². The molecular formula is C28H43N3O2. The van der Waals surface area contributed by atoms with Crippen LogP contribution >= 0.6 is 0 Å². The maximum absolute atomic E-state index is 11.0. The highest BCUT2D eigenvalue weighted by molar-refractivity contribution is 5.21. The zero-order valence-electron chi connectivity index (χ0n) is 20.9. The summed E-state index contributed by atoms with van der Waals surface area (Å²) >= 11 is 0. The molecule has 9 atom stereocenters. The van der Waals surface area contributed by atoms with Crippen LogP contribution in [0.4, 0.5) is 0 Å². The minimum Gasteiger partial charge on any atom is -0.387 e. The lowest BCUT2D eigenvalue weighted by atomic mass is 9.44. The standard InChI is InChI=1S/C28H43N3O2/c1-19(16-31-17-20(14-29)15-30-31)25-5-4-6-26-24-8-7-21-13-28(32,18-33-3)12-10-22(21)23(24)9-11-27(25,26)2/h15,17,19,21-26,32H,4-13,16,18H2,1-3H3/t19-,21+,22-,23+,24+,25+,26-,27+,28+/m0/s1. The third-order valence-electron chi connectivity index (χ3n) is 10.8. The van der Waals surface area contributed by atoms with Crippen molar-refractivity contribution >= 4 is 0 Å². The molecule has 1 N–H and O–H groups in total. The molecule has 0 saturated heterocycles. The maximum atomic E-state index is 11.0. The molecule has 0 unspecified atom stereocenters. The summed E-state index contributed by atoms with van der Waals surface area (Å²) in [7, 11) is 1.72. The molecule has 4 fully saturated rings. The molecule has 0 aliphatic heterocycles. The molecule has 0 radical (unpaired) electrons. The van der Waals surface area contributed by atoms with Gasteiger partial charge in [-0.05, 0) is 105 Å². The van der Waals surface area contributed by atoms with E-state index in [2.05, 4.69) is 25.0 Å². The largest absolute Gasteiger partial charge is 0.387 e. The van der Waals surface area contributed by atoms with E-state index in [0.717, 1.165) is 49.0 Å². The van der Waals surface area contributed by atoms with Crippen molar-refractivity contribution in [3.8, 4) is 6.07 Å². The summed E-state index contributed by atoms with van der Waals surface area (Å²) in [6.07, 6.45) is 16.2. The van der Waals surface area contributed by atoms with Crippen LogP contribution in [0.25, 0.3) is 0 Å². The van der Waals surface area contributed by atoms with Gasteiger partial charge in [0, 0.05) is 19.9 Å². The molecule has 1 heterocycles. The van der Waals surface area contributed by atoms with E-state index in [0.29, 0.717) is 29.4 Å². The van der Waals surface area contributed by atoms with Crippen LogP contribution in [0.15, 0.2) is 12.4 Å². The number of nitrogens with zero attached hydrogens (tertiary/aromatic N) is 3. The number of rotatable bonds is 5. The minimum absolute atomic E-state index is 0.433. The molecule has 4 aliphatic rings. The molecule has 0 bridgehead atoms. The number of methoxy groups -OCH3 is 1. The fourth-order valence-corrected chi connectivity index (χ4v) is 9.48. The van der Waals surface area contributed by atoms with Crippen LogP contribution in [0, 0.1) is 58.2 Å². The van der Waals surface area contributed by atoms with Crippen molar-refractivity contribution in [3.63, 3.8) is 0 Å². The molecule has 5 rings (SSSR count). The Morgan fingerprint density at radius 2 is 2.00 bits per heavy atom. The average molecular weight is 454 g/mol. The topological polar surface area (TPSA) is 71.1 Å². The fraction of sp³-hybridized carbons (Fsp3) is 0.857. The lowest BCUT2D eigenvalue weighted by Gasteiger charge is -2.62. The first kappa shape index (κ1) is 23.4. The molecule has 5 nitrogen and oxygen atoms in total. The second kappa shape index (κ2) is 9.00. The van der Waals surface area contributed by atoms with Crippen LogP contribution in [0.1, 0.15) is 83.6 Å². The van der Waals surface area contributed by atoms with Crippen molar-refractivity contribution in [2.75, 3.05) is 13.7 Å². The zero-order valence-corrected chi connectivity index (χ0v) is 20.9. The van der Waals surface area contributed by atoms with Crippen molar-refractivity contribution in [1.29, 1.82) is 5.26 Å². The Labute approximate surface area is 199 Å². The number of aliphatic hydroxyl groups is 1. The summed E-state index contributed by atoms with van der Waals surface area (Å²) in [5, 5.41) is 24.6. The van der Waals surface area contributed by atoms with Crippen molar-refractivity contribution in [1.82, 2.24) is 9.78 Å². The highest BCUT2D eigenvalue weighted by Crippen LogP contribution is 2.64. The SMILES string of the molecule is COC[C@@]1(O)CC[C@H]2[C@H](CC[C@@H]3[C@@H]2CC[C@]2(C)[C@@H]([C@@H](C)Cn4cc(C#N)cn4)CCC[C@@H]32)C1. The number of aromatic nitrogens is 2. The fourth-order valence-electron chi connectivity index (χ4n) is 9.48. The maximum Gasteiger partial charge on any atom is 0.102 e. The number of hydrogen-bond acceptors (Lipinski definition) is 4. The third kappa shape index (κ3) is 4.16. The van der Waals surface area contributed by atoms with E-state index < -0.39 is 5.60 Å². The molecular weight excluding hydrogens is 410 g/mol. The van der Waals surface area contributed by atoms with Crippen molar-refractivity contribution in [2.24, 2.45) is 46.8 Å². The molecule has 1 aromatic rings. The van der Waals surface area contributed by atoms with Crippen molar-refractivity contribution in [2.45, 2.75) is 90.2 Å². The Morgan fingerprint density at radius 1 is 1.18 bits per heavy atom. The van der Waals surface area contributed by atoms with E-state index in [1.54, 1.807) is 13.3 Å². The van der Waals surface area contributed by atoms with Gasteiger partial charge in [0.25, 0.3) is 0 Å². The molecule has 0 aromatic carbocycles. The molecule has 182 valence electrons. The summed E-state index contributed by atoms with van der Waals surface area (Å²) in [6, 6.07) is 2.21. The average Bonchev–Trinajstić information content (AvgIpc) is 3.25. The molecule has 0 spiro atoms. The van der Waals surface area contributed by atoms with Crippen LogP contribution < -0.4 is 0 Å². The van der Waals surface area contributed by atoms with E-state index in [1.165, 1.54) is 51.4 Å². The summed E-state index contributed by atoms with van der Waals surface area (Å²) in [6.45, 7) is 6.47. The number of ether oxygens (including phenoxy) is 1. The van der Waals surface area contributed by atoms with Gasteiger partial charge in [0.15, 0.2) is 0 Å². The molecule has 4 saturated carbocycles. The van der Waals surface area contributed by atoms with Crippen LogP contribution in [0.3, 0.4) is 0 Å². The smallest absolute Gasteiger partial charge is 0.102 e. The van der Waals surface area contributed by atoms with Gasteiger partial charge in [0.1, 0.15) is 6.07 Å². The predicted octanol–water partition coefficient (Wildman–Crippen LogP) is 5.43. The number of hydrogen-bond donors (Lipinski definition) is 1. The first-order valence-corrected chi connectivity index (χ1v) is 13.5. The summed E-state index contributed by atoms with van der Waals surface area (Å²) in [4.78, 5) is 0. The molecule has 0 amide bonds. The van der Waals surface area contributed by atoms with Gasteiger partial charge >= 0.3 is 0 Å². The van der Waals surface area contributed by atoms with Gasteiger partial charge in [-0.2, -0.15) is 10.4 Å². The second-order valence-electron chi connectivity index (χ2n) is 12.5. The normalized spacial score (nSPS) is 43.6. The van der Waals surface area contributed by atoms with Crippen LogP contribution in [0.2, 0.25) is 0 Å². The highest BCUT2D eigenvalue weighted by Gasteiger charge is 2.57. The number of fused-ring (bicyclic) bond motifs is 5. The molecule has 33 heavy (non-hydrogen) atoms. The van der Waals surface area contributed by atoms with Gasteiger partial charge in [0.2, 0.25) is 0 Å². The van der Waals surface area contributed by atoms with Crippen LogP contribution in [-0.2, 0) is 11.3 Å². The first-order valence-electron chi connectivity index (χ1n) is 13.5. The Bertz CT molecular complexity index is 877. The van der Waals surface area contributed by atoms with Gasteiger partial charge in [-0.3, -0.25) is 4.68 Å². The highest BCUT2D eigenvalue weighted by atomic mass is 16.5. The predicted molar refractivity (Wildman–Crippen MR) is 128 cm³/mol. The number of nitriles is 1. The summed E-state index contributed by atoms with van der Waals surface area (Å²) in [5.41, 5.74) is 0.509. The van der Waals surface area contributed by atoms with Crippen molar-refractivity contribution < 1.29 is 9.84 Å². The molecule has 4 aliphatic carbocycles. The van der Waals surface area contributed by atoms with E-state index in [9.17, 15) is 5.11 Å². The zero-order chi connectivity index (χ0) is 23.2. The second-order valence-corrected chi connectivity index (χ2v) is 12.5. The van der Waals surface area contributed by atoms with Gasteiger partial charge in [0.05, 0.1) is 24.0 Å². The Kier molecular flexibility index (Phi) is 6.38. The van der Waals surface area contributed by atoms with E-state index >= 15 is 0 Å². The van der Waals surface area contributed by atoms with Crippen LogP contribution in [-0.4, -0.2) is 34.2 Å². The Hall–Kier alpha value is -1.38. The summed E-state index contributed by atoms with van der Waals surface area (Å²) < 4.78 is 7.36. The van der Waals surface area contributed by atoms with Gasteiger partial charge in [-0.25, -0.2) is 0 Å². The van der Waals surface area contributed by atoms with Crippen molar-refractivity contribution in [3.05, 3.63) is 18.0 Å². The van der Waals surface area contributed by atoms with Gasteiger partial charge in [-0.15, -0.1) is 0 Å². The summed E-state index contributed by atoms with van der Waals surface area (Å²) in [5.74, 6) is 5.42. The lowest BCUT2D eigenvalue weighted by Crippen LogP contribution is -2.55. The van der Waals surface area contributed by atoms with E-state index in [1.807, 2.05) is 10.9 Å². The minimum atomic E-state index is -0.588. The third-order valence-corrected chi connectivity index (χ3v) is 10.8. The quantitative estimate of drug-likeness (QED) is 0.645. The monoisotopic (exact) mass is 453 g/mol. The lowest BCUT2D eigenvalue weighted by molar-refractivity contribution is -0.146. The molecule has 5 heteroatoms. The van der Waals surface area contributed by atoms with E-state index in [-0.39, 0.29) is 0 Å². The molecule has 1 aromatic heterocycles. The Balaban J connectivity index is 1.30. The first-order chi connectivity index (χ1) is 15.9. The van der Waals surface area contributed by atoms with Gasteiger partial charge in [-0.1, -0.05) is 20.3 Å². The van der Waals surface area contributed by atoms with E-state index in [4.69, 9.17) is 10.00 Å². The van der Waals surface area contributed by atoms with Crippen LogP contribution in [0.5, 0.6) is 0 Å².